The molecular formula is C15H19P. The molecule has 0 nitrogen and oxygen atoms in total. The first-order valence-corrected chi connectivity index (χ1v) is 6.59. The zero-order valence-electron chi connectivity index (χ0n) is 10.0. The minimum Gasteiger partial charge on any atom is -0.105 e. The quantitative estimate of drug-likeness (QED) is 0.692. The molecule has 0 aliphatic rings. The molecule has 0 spiro atoms. The first kappa shape index (κ1) is 11.6. The molecule has 16 heavy (non-hydrogen) atoms. The molecule has 2 rings (SSSR count). The highest BCUT2D eigenvalue weighted by Gasteiger charge is 2.11. The average molecular weight is 230 g/mol. The fraction of sp³-hybridized carbons (Fsp3) is 0.333. The number of hydrogen-bond acceptors (Lipinski definition) is 0. The summed E-state index contributed by atoms with van der Waals surface area (Å²) in [7, 11) is 2.88. The molecule has 0 bridgehead atoms. The smallest absolute Gasteiger partial charge is 0.0143 e. The van der Waals surface area contributed by atoms with Crippen LogP contribution in [0.5, 0.6) is 0 Å². The van der Waals surface area contributed by atoms with Gasteiger partial charge in [-0.3, -0.25) is 0 Å². The van der Waals surface area contributed by atoms with Gasteiger partial charge in [0.15, 0.2) is 0 Å². The van der Waals surface area contributed by atoms with Crippen LogP contribution >= 0.6 is 9.24 Å². The van der Waals surface area contributed by atoms with Crippen LogP contribution in [0.1, 0.15) is 38.2 Å². The molecule has 0 aliphatic heterocycles. The molecule has 2 aromatic rings. The number of hydrogen-bond donors (Lipinski definition) is 0. The summed E-state index contributed by atoms with van der Waals surface area (Å²) >= 11 is 0. The van der Waals surface area contributed by atoms with E-state index in [0.29, 0.717) is 5.92 Å². The largest absolute Gasteiger partial charge is 0.105 e. The number of benzene rings is 2. The van der Waals surface area contributed by atoms with Crippen LogP contribution in [0.3, 0.4) is 0 Å². The van der Waals surface area contributed by atoms with Crippen LogP contribution in [0.4, 0.5) is 0 Å². The van der Waals surface area contributed by atoms with Crippen molar-refractivity contribution in [3.63, 3.8) is 0 Å². The van der Waals surface area contributed by atoms with Crippen LogP contribution in [-0.4, -0.2) is 0 Å². The summed E-state index contributed by atoms with van der Waals surface area (Å²) in [6.45, 7) is 4.59. The maximum atomic E-state index is 2.88. The highest BCUT2D eigenvalue weighted by molar-refractivity contribution is 7.27. The van der Waals surface area contributed by atoms with Gasteiger partial charge in [0.25, 0.3) is 0 Å². The molecular weight excluding hydrogens is 211 g/mol. The summed E-state index contributed by atoms with van der Waals surface area (Å²) in [5.74, 6) is 0.642. The van der Waals surface area contributed by atoms with Gasteiger partial charge >= 0.3 is 0 Å². The lowest BCUT2D eigenvalue weighted by atomic mass is 9.91. The van der Waals surface area contributed by atoms with Gasteiger partial charge in [-0.05, 0) is 34.0 Å². The fourth-order valence-electron chi connectivity index (χ4n) is 2.44. The van der Waals surface area contributed by atoms with E-state index in [9.17, 15) is 0 Å². The SMILES string of the molecule is CCCC(C)c1c(P)ccc2ccccc12. The maximum Gasteiger partial charge on any atom is -0.0143 e. The van der Waals surface area contributed by atoms with Gasteiger partial charge in [0.1, 0.15) is 0 Å². The van der Waals surface area contributed by atoms with Crippen LogP contribution in [0.15, 0.2) is 36.4 Å². The number of rotatable bonds is 3. The molecule has 0 aromatic heterocycles. The Hall–Kier alpha value is -0.870. The Bertz CT molecular complexity index is 488. The van der Waals surface area contributed by atoms with E-state index in [1.165, 1.54) is 34.5 Å². The summed E-state index contributed by atoms with van der Waals surface area (Å²) in [4.78, 5) is 0. The van der Waals surface area contributed by atoms with Crippen molar-refractivity contribution in [3.05, 3.63) is 42.0 Å². The van der Waals surface area contributed by atoms with Crippen molar-refractivity contribution in [2.45, 2.75) is 32.6 Å². The van der Waals surface area contributed by atoms with E-state index in [1.54, 1.807) is 0 Å². The standard InChI is InChI=1S/C15H19P/c1-3-6-11(2)15-13-8-5-4-7-12(13)9-10-14(15)16/h4-5,7-11H,3,6,16H2,1-2H3. The van der Waals surface area contributed by atoms with E-state index in [0.717, 1.165) is 0 Å². The Balaban J connectivity index is 2.61. The van der Waals surface area contributed by atoms with Gasteiger partial charge in [-0.2, -0.15) is 0 Å². The third-order valence-corrected chi connectivity index (χ3v) is 3.72. The second-order valence-electron chi connectivity index (χ2n) is 4.48. The molecule has 2 unspecified atom stereocenters. The summed E-state index contributed by atoms with van der Waals surface area (Å²) < 4.78 is 0. The van der Waals surface area contributed by atoms with Gasteiger partial charge in [0.2, 0.25) is 0 Å². The second-order valence-corrected chi connectivity index (χ2v) is 5.10. The average Bonchev–Trinajstić information content (AvgIpc) is 2.29. The van der Waals surface area contributed by atoms with E-state index in [1.807, 2.05) is 0 Å². The monoisotopic (exact) mass is 230 g/mol. The molecule has 0 fully saturated rings. The molecule has 0 radical (unpaired) electrons. The van der Waals surface area contributed by atoms with Crippen molar-refractivity contribution in [1.29, 1.82) is 0 Å². The normalized spacial score (nSPS) is 12.9. The Morgan fingerprint density at radius 1 is 1.12 bits per heavy atom. The van der Waals surface area contributed by atoms with Gasteiger partial charge in [-0.15, -0.1) is 9.24 Å². The van der Waals surface area contributed by atoms with Crippen LogP contribution in [0.25, 0.3) is 10.8 Å². The molecule has 2 aromatic carbocycles. The summed E-state index contributed by atoms with van der Waals surface area (Å²) in [6.07, 6.45) is 2.50. The summed E-state index contributed by atoms with van der Waals surface area (Å²) in [5, 5.41) is 4.11. The Morgan fingerprint density at radius 3 is 2.62 bits per heavy atom. The minimum atomic E-state index is 0.642. The topological polar surface area (TPSA) is 0 Å². The highest BCUT2D eigenvalue weighted by Crippen LogP contribution is 2.28. The molecule has 0 N–H and O–H groups in total. The van der Waals surface area contributed by atoms with Crippen molar-refractivity contribution in [3.8, 4) is 0 Å². The van der Waals surface area contributed by atoms with E-state index in [2.05, 4.69) is 59.5 Å². The van der Waals surface area contributed by atoms with Gasteiger partial charge in [0.05, 0.1) is 0 Å². The predicted octanol–water partition coefficient (Wildman–Crippen LogP) is 4.24. The predicted molar refractivity (Wildman–Crippen MR) is 76.6 cm³/mol. The third-order valence-electron chi connectivity index (χ3n) is 3.22. The van der Waals surface area contributed by atoms with Crippen LogP contribution in [0.2, 0.25) is 0 Å². The Labute approximate surface area is 100 Å². The van der Waals surface area contributed by atoms with Gasteiger partial charge < -0.3 is 0 Å². The molecule has 0 saturated carbocycles. The maximum absolute atomic E-state index is 2.88. The minimum absolute atomic E-state index is 0.642. The zero-order chi connectivity index (χ0) is 11.5. The Kier molecular flexibility index (Phi) is 3.61. The first-order chi connectivity index (χ1) is 7.74. The van der Waals surface area contributed by atoms with Gasteiger partial charge in [0, 0.05) is 0 Å². The summed E-state index contributed by atoms with van der Waals surface area (Å²) in [5.41, 5.74) is 1.50. The van der Waals surface area contributed by atoms with E-state index in [-0.39, 0.29) is 0 Å². The lowest BCUT2D eigenvalue weighted by Crippen LogP contribution is -2.06. The van der Waals surface area contributed by atoms with Crippen molar-refractivity contribution in [2.24, 2.45) is 0 Å². The van der Waals surface area contributed by atoms with Gasteiger partial charge in [-0.1, -0.05) is 56.7 Å². The third kappa shape index (κ3) is 2.13. The molecule has 0 heterocycles. The molecule has 1 heteroatoms. The molecule has 84 valence electrons. The lowest BCUT2D eigenvalue weighted by molar-refractivity contribution is 0.672. The molecule has 0 aliphatic carbocycles. The highest BCUT2D eigenvalue weighted by atomic mass is 31.0. The van der Waals surface area contributed by atoms with Crippen LogP contribution in [0, 0.1) is 0 Å². The Morgan fingerprint density at radius 2 is 1.88 bits per heavy atom. The van der Waals surface area contributed by atoms with Crippen LogP contribution < -0.4 is 5.30 Å². The first-order valence-electron chi connectivity index (χ1n) is 6.01. The van der Waals surface area contributed by atoms with Crippen molar-refractivity contribution in [1.82, 2.24) is 0 Å². The second kappa shape index (κ2) is 4.97. The van der Waals surface area contributed by atoms with Crippen molar-refractivity contribution >= 4 is 25.3 Å². The van der Waals surface area contributed by atoms with Crippen molar-refractivity contribution in [2.75, 3.05) is 0 Å². The summed E-state index contributed by atoms with van der Waals surface area (Å²) in [6, 6.07) is 13.1. The molecule has 0 saturated heterocycles. The van der Waals surface area contributed by atoms with Gasteiger partial charge in [-0.25, -0.2) is 0 Å². The van der Waals surface area contributed by atoms with E-state index >= 15 is 0 Å². The molecule has 2 atom stereocenters. The van der Waals surface area contributed by atoms with E-state index in [4.69, 9.17) is 0 Å². The molecule has 0 amide bonds. The zero-order valence-corrected chi connectivity index (χ0v) is 11.2. The lowest BCUT2D eigenvalue weighted by Gasteiger charge is -2.16. The number of fused-ring (bicyclic) bond motifs is 1. The van der Waals surface area contributed by atoms with Crippen molar-refractivity contribution < 1.29 is 0 Å². The van der Waals surface area contributed by atoms with E-state index < -0.39 is 0 Å². The fourth-order valence-corrected chi connectivity index (χ4v) is 2.98. The van der Waals surface area contributed by atoms with Crippen LogP contribution in [-0.2, 0) is 0 Å².